The lowest BCUT2D eigenvalue weighted by atomic mass is 9.60. The first-order valence-corrected chi connectivity index (χ1v) is 9.46. The molecule has 3 aliphatic carbocycles. The third kappa shape index (κ3) is 2.24. The number of benzene rings is 1. The topological polar surface area (TPSA) is 57.5 Å². The number of hydrogen-bond donors (Lipinski definition) is 2. The summed E-state index contributed by atoms with van der Waals surface area (Å²) in [5.41, 5.74) is 5.97. The van der Waals surface area contributed by atoms with Crippen molar-refractivity contribution in [2.75, 3.05) is 0 Å². The second-order valence-corrected chi connectivity index (χ2v) is 8.54. The summed E-state index contributed by atoms with van der Waals surface area (Å²) < 4.78 is 0. The summed E-state index contributed by atoms with van der Waals surface area (Å²) in [6.07, 6.45) is 6.82. The fraction of sp³-hybridized carbons (Fsp3) is 0.667. The fourth-order valence-corrected chi connectivity index (χ4v) is 6.07. The van der Waals surface area contributed by atoms with Crippen LogP contribution in [0.3, 0.4) is 0 Å². The van der Waals surface area contributed by atoms with E-state index in [0.29, 0.717) is 5.92 Å². The van der Waals surface area contributed by atoms with Crippen LogP contribution in [0.4, 0.5) is 0 Å². The average Bonchev–Trinajstić information content (AvgIpc) is 2.90. The first kappa shape index (κ1) is 16.1. The Hall–Kier alpha value is -1.35. The molecule has 0 radical (unpaired) electrons. The quantitative estimate of drug-likeness (QED) is 0.870. The zero-order valence-electron chi connectivity index (χ0n) is 14.7. The molecule has 0 aliphatic heterocycles. The number of aliphatic carboxylic acids is 1. The summed E-state index contributed by atoms with van der Waals surface area (Å²) in [5, 5.41) is 19.4. The van der Waals surface area contributed by atoms with E-state index >= 15 is 0 Å². The molecule has 1 aromatic carbocycles. The van der Waals surface area contributed by atoms with Gasteiger partial charge in [-0.1, -0.05) is 26.0 Å². The van der Waals surface area contributed by atoms with E-state index in [9.17, 15) is 15.0 Å². The van der Waals surface area contributed by atoms with Gasteiger partial charge >= 0.3 is 5.97 Å². The third-order valence-electron chi connectivity index (χ3n) is 7.44. The van der Waals surface area contributed by atoms with Gasteiger partial charge in [-0.15, -0.1) is 0 Å². The Bertz CT molecular complexity index is 680. The van der Waals surface area contributed by atoms with E-state index in [-0.39, 0.29) is 23.4 Å². The highest BCUT2D eigenvalue weighted by Crippen LogP contribution is 2.61. The van der Waals surface area contributed by atoms with Crippen LogP contribution in [-0.2, 0) is 24.1 Å². The predicted octanol–water partition coefficient (Wildman–Crippen LogP) is 3.70. The maximum atomic E-state index is 11.5. The minimum atomic E-state index is -0.646. The molecule has 0 aromatic heterocycles. The molecule has 5 unspecified atom stereocenters. The van der Waals surface area contributed by atoms with Gasteiger partial charge in [0.05, 0.1) is 12.0 Å². The van der Waals surface area contributed by atoms with E-state index in [0.717, 1.165) is 44.9 Å². The highest BCUT2D eigenvalue weighted by molar-refractivity contribution is 5.70. The Kier molecular flexibility index (Phi) is 3.76. The lowest BCUT2D eigenvalue weighted by Gasteiger charge is -2.44. The van der Waals surface area contributed by atoms with Gasteiger partial charge in [0, 0.05) is 0 Å². The summed E-state index contributed by atoms with van der Waals surface area (Å²) in [6, 6.07) is 4.53. The largest absolute Gasteiger partial charge is 0.481 e. The highest BCUT2D eigenvalue weighted by Gasteiger charge is 2.52. The molecule has 0 amide bonds. The van der Waals surface area contributed by atoms with E-state index in [1.165, 1.54) is 22.3 Å². The van der Waals surface area contributed by atoms with Crippen LogP contribution in [0.2, 0.25) is 0 Å². The molecule has 0 bridgehead atoms. The van der Waals surface area contributed by atoms with Gasteiger partial charge in [0.1, 0.15) is 0 Å². The number of aliphatic hydroxyl groups is 1. The Morgan fingerprint density at radius 2 is 2.00 bits per heavy atom. The minimum absolute atomic E-state index is 0.118. The van der Waals surface area contributed by atoms with Gasteiger partial charge in [-0.05, 0) is 84.5 Å². The maximum Gasteiger partial charge on any atom is 0.306 e. The molecule has 1 fully saturated rings. The van der Waals surface area contributed by atoms with Crippen molar-refractivity contribution < 1.29 is 15.0 Å². The molecule has 0 heterocycles. The van der Waals surface area contributed by atoms with Gasteiger partial charge in [0.2, 0.25) is 0 Å². The van der Waals surface area contributed by atoms with Crippen LogP contribution in [0.5, 0.6) is 0 Å². The van der Waals surface area contributed by atoms with Crippen molar-refractivity contribution >= 4 is 5.97 Å². The van der Waals surface area contributed by atoms with Gasteiger partial charge in [0.25, 0.3) is 0 Å². The number of carboxylic acids is 1. The van der Waals surface area contributed by atoms with E-state index in [2.05, 4.69) is 19.1 Å². The van der Waals surface area contributed by atoms with Crippen LogP contribution in [0.25, 0.3) is 0 Å². The molecule has 130 valence electrons. The molecular weight excluding hydrogens is 300 g/mol. The molecule has 4 rings (SSSR count). The maximum absolute atomic E-state index is 11.5. The van der Waals surface area contributed by atoms with Crippen LogP contribution >= 0.6 is 0 Å². The van der Waals surface area contributed by atoms with Gasteiger partial charge in [-0.2, -0.15) is 0 Å². The summed E-state index contributed by atoms with van der Waals surface area (Å²) in [6.45, 7) is 4.23. The number of fused-ring (bicyclic) bond motifs is 5. The average molecular weight is 328 g/mol. The lowest BCUT2D eigenvalue weighted by molar-refractivity contribution is -0.144. The van der Waals surface area contributed by atoms with Crippen molar-refractivity contribution in [3.05, 3.63) is 34.4 Å². The van der Waals surface area contributed by atoms with Crippen LogP contribution in [0.1, 0.15) is 67.7 Å². The highest BCUT2D eigenvalue weighted by atomic mass is 16.4. The molecule has 0 saturated heterocycles. The van der Waals surface area contributed by atoms with Gasteiger partial charge in [0.15, 0.2) is 0 Å². The van der Waals surface area contributed by atoms with Crippen molar-refractivity contribution in [1.29, 1.82) is 0 Å². The zero-order valence-corrected chi connectivity index (χ0v) is 14.7. The van der Waals surface area contributed by atoms with Gasteiger partial charge in [-0.25, -0.2) is 0 Å². The number of carbonyl (C=O) groups is 1. The molecule has 2 N–H and O–H groups in total. The third-order valence-corrected chi connectivity index (χ3v) is 7.44. The standard InChI is InChI=1S/C21H28O3/c1-12(20(23)24)18-7-8-19-17-5-3-13-11-14(22)4-6-15(13)16(17)9-10-21(18,19)2/h3,5,12,14,18-19,22H,4,6-11H2,1-2H3,(H,23,24). The normalized spacial score (nSPS) is 35.7. The molecule has 0 spiro atoms. The fourth-order valence-electron chi connectivity index (χ4n) is 6.07. The SMILES string of the molecule is CC(C(=O)O)C1CCC2c3ccc4c(c3CCC21C)CCC(O)C4. The molecular formula is C21H28O3. The van der Waals surface area contributed by atoms with Crippen molar-refractivity contribution in [2.45, 2.75) is 70.8 Å². The van der Waals surface area contributed by atoms with Crippen LogP contribution in [-0.4, -0.2) is 22.3 Å². The summed E-state index contributed by atoms with van der Waals surface area (Å²) in [5.74, 6) is -0.113. The molecule has 1 saturated carbocycles. The van der Waals surface area contributed by atoms with E-state index in [1.54, 1.807) is 0 Å². The number of carboxylic acid groups (broad SMARTS) is 1. The smallest absolute Gasteiger partial charge is 0.306 e. The van der Waals surface area contributed by atoms with Crippen molar-refractivity contribution in [1.82, 2.24) is 0 Å². The van der Waals surface area contributed by atoms with Crippen molar-refractivity contribution in [3.8, 4) is 0 Å². The number of rotatable bonds is 2. The zero-order chi connectivity index (χ0) is 17.1. The van der Waals surface area contributed by atoms with Crippen LogP contribution in [0.15, 0.2) is 12.1 Å². The number of aliphatic hydroxyl groups excluding tert-OH is 1. The van der Waals surface area contributed by atoms with E-state index in [4.69, 9.17) is 0 Å². The monoisotopic (exact) mass is 328 g/mol. The Morgan fingerprint density at radius 1 is 1.21 bits per heavy atom. The molecule has 3 aliphatic rings. The van der Waals surface area contributed by atoms with Crippen LogP contribution < -0.4 is 0 Å². The second-order valence-electron chi connectivity index (χ2n) is 8.54. The molecule has 3 nitrogen and oxygen atoms in total. The Balaban J connectivity index is 1.72. The van der Waals surface area contributed by atoms with Crippen LogP contribution in [0, 0.1) is 17.3 Å². The molecule has 1 aromatic rings. The molecule has 24 heavy (non-hydrogen) atoms. The predicted molar refractivity (Wildman–Crippen MR) is 93.2 cm³/mol. The summed E-state index contributed by atoms with van der Waals surface area (Å²) >= 11 is 0. The Labute approximate surface area is 144 Å². The van der Waals surface area contributed by atoms with E-state index < -0.39 is 5.97 Å². The summed E-state index contributed by atoms with van der Waals surface area (Å²) in [4.78, 5) is 11.5. The van der Waals surface area contributed by atoms with Crippen molar-refractivity contribution in [3.63, 3.8) is 0 Å². The van der Waals surface area contributed by atoms with Gasteiger partial charge in [-0.3, -0.25) is 4.79 Å². The Morgan fingerprint density at radius 3 is 2.75 bits per heavy atom. The van der Waals surface area contributed by atoms with Gasteiger partial charge < -0.3 is 10.2 Å². The first-order valence-electron chi connectivity index (χ1n) is 9.46. The van der Waals surface area contributed by atoms with Crippen molar-refractivity contribution in [2.24, 2.45) is 17.3 Å². The van der Waals surface area contributed by atoms with E-state index in [1.807, 2.05) is 6.92 Å². The molecule has 5 atom stereocenters. The summed E-state index contributed by atoms with van der Waals surface area (Å²) in [7, 11) is 0. The minimum Gasteiger partial charge on any atom is -0.481 e. The second kappa shape index (κ2) is 5.59. The lowest BCUT2D eigenvalue weighted by Crippen LogP contribution is -2.38. The number of hydrogen-bond acceptors (Lipinski definition) is 2. The first-order chi connectivity index (χ1) is 11.4. The molecule has 3 heteroatoms.